The average molecular weight is 196 g/mol. The third kappa shape index (κ3) is 9.83. The zero-order valence-corrected chi connectivity index (χ0v) is 10.4. The average Bonchev–Trinajstić information content (AvgIpc) is 2.17. The highest BCUT2D eigenvalue weighted by atomic mass is 14.0. The van der Waals surface area contributed by atoms with Crippen molar-refractivity contribution in [3.63, 3.8) is 0 Å². The van der Waals surface area contributed by atoms with Gasteiger partial charge in [0.1, 0.15) is 0 Å². The van der Waals surface area contributed by atoms with Crippen molar-refractivity contribution < 1.29 is 0 Å². The SMILES string of the molecule is CC/C=C/CCCCCC(C)CCC. The van der Waals surface area contributed by atoms with Crippen LogP contribution in [-0.4, -0.2) is 0 Å². The van der Waals surface area contributed by atoms with Gasteiger partial charge in [-0.1, -0.05) is 65.0 Å². The Labute approximate surface area is 90.8 Å². The van der Waals surface area contributed by atoms with E-state index < -0.39 is 0 Å². The second-order valence-electron chi connectivity index (χ2n) is 4.41. The molecule has 0 amide bonds. The van der Waals surface area contributed by atoms with E-state index in [-0.39, 0.29) is 0 Å². The molecule has 0 nitrogen and oxygen atoms in total. The first-order chi connectivity index (χ1) is 6.81. The monoisotopic (exact) mass is 196 g/mol. The van der Waals surface area contributed by atoms with Crippen LogP contribution in [0.25, 0.3) is 0 Å². The van der Waals surface area contributed by atoms with E-state index in [1.807, 2.05) is 0 Å². The lowest BCUT2D eigenvalue weighted by atomic mass is 9.98. The van der Waals surface area contributed by atoms with Gasteiger partial charge in [0.05, 0.1) is 0 Å². The Balaban J connectivity index is 3.09. The van der Waals surface area contributed by atoms with Crippen LogP contribution in [0.3, 0.4) is 0 Å². The highest BCUT2D eigenvalue weighted by Crippen LogP contribution is 2.15. The van der Waals surface area contributed by atoms with Crippen molar-refractivity contribution in [2.75, 3.05) is 0 Å². The predicted molar refractivity (Wildman–Crippen MR) is 66.6 cm³/mol. The van der Waals surface area contributed by atoms with Gasteiger partial charge < -0.3 is 0 Å². The van der Waals surface area contributed by atoms with Crippen molar-refractivity contribution in [2.24, 2.45) is 5.92 Å². The molecule has 0 aromatic carbocycles. The molecule has 14 heavy (non-hydrogen) atoms. The standard InChI is InChI=1S/C14H28/c1-4-6-7-8-9-10-11-13-14(3)12-5-2/h6-7,14H,4-5,8-13H2,1-3H3/b7-6+. The minimum atomic E-state index is 0.950. The van der Waals surface area contributed by atoms with Crippen LogP contribution >= 0.6 is 0 Å². The maximum absolute atomic E-state index is 2.39. The van der Waals surface area contributed by atoms with Crippen molar-refractivity contribution in [1.82, 2.24) is 0 Å². The number of hydrogen-bond acceptors (Lipinski definition) is 0. The van der Waals surface area contributed by atoms with E-state index in [1.54, 1.807) is 0 Å². The molecule has 0 radical (unpaired) electrons. The van der Waals surface area contributed by atoms with Crippen LogP contribution in [0.5, 0.6) is 0 Å². The predicted octanol–water partition coefficient (Wildman–Crippen LogP) is 5.34. The number of hydrogen-bond donors (Lipinski definition) is 0. The van der Waals surface area contributed by atoms with Crippen LogP contribution in [0, 0.1) is 5.92 Å². The molecular weight excluding hydrogens is 168 g/mol. The quantitative estimate of drug-likeness (QED) is 0.345. The topological polar surface area (TPSA) is 0 Å². The minimum Gasteiger partial charge on any atom is -0.0888 e. The van der Waals surface area contributed by atoms with Crippen molar-refractivity contribution in [3.8, 4) is 0 Å². The maximum Gasteiger partial charge on any atom is -0.0351 e. The third-order valence-corrected chi connectivity index (χ3v) is 2.75. The van der Waals surface area contributed by atoms with Gasteiger partial charge in [0, 0.05) is 0 Å². The Morgan fingerprint density at radius 1 is 0.929 bits per heavy atom. The number of unbranched alkanes of at least 4 members (excludes halogenated alkanes) is 3. The lowest BCUT2D eigenvalue weighted by Crippen LogP contribution is -1.93. The Bertz CT molecular complexity index is 124. The molecule has 0 aliphatic carbocycles. The fraction of sp³-hybridized carbons (Fsp3) is 0.857. The largest absolute Gasteiger partial charge is 0.0888 e. The molecule has 0 rings (SSSR count). The molecule has 1 unspecified atom stereocenters. The molecule has 0 spiro atoms. The second kappa shape index (κ2) is 10.8. The summed E-state index contributed by atoms with van der Waals surface area (Å²) in [6.07, 6.45) is 15.5. The normalized spacial score (nSPS) is 13.6. The Kier molecular flexibility index (Phi) is 10.6. The van der Waals surface area contributed by atoms with Gasteiger partial charge in [-0.25, -0.2) is 0 Å². The highest BCUT2D eigenvalue weighted by molar-refractivity contribution is 4.79. The molecule has 0 aromatic heterocycles. The van der Waals surface area contributed by atoms with Crippen LogP contribution in [0.2, 0.25) is 0 Å². The first-order valence-corrected chi connectivity index (χ1v) is 6.46. The van der Waals surface area contributed by atoms with Crippen molar-refractivity contribution in [2.45, 2.75) is 72.1 Å². The summed E-state index contributed by atoms with van der Waals surface area (Å²) in [5.41, 5.74) is 0. The zero-order valence-electron chi connectivity index (χ0n) is 10.4. The summed E-state index contributed by atoms with van der Waals surface area (Å²) < 4.78 is 0. The fourth-order valence-corrected chi connectivity index (χ4v) is 1.85. The molecule has 1 atom stereocenters. The highest BCUT2D eigenvalue weighted by Gasteiger charge is 1.99. The molecule has 0 aliphatic rings. The molecular formula is C14H28. The van der Waals surface area contributed by atoms with Gasteiger partial charge in [-0.05, 0) is 25.2 Å². The van der Waals surface area contributed by atoms with Crippen molar-refractivity contribution >= 4 is 0 Å². The lowest BCUT2D eigenvalue weighted by molar-refractivity contribution is 0.457. The minimum absolute atomic E-state index is 0.950. The summed E-state index contributed by atoms with van der Waals surface area (Å²) in [7, 11) is 0. The molecule has 0 heterocycles. The van der Waals surface area contributed by atoms with Gasteiger partial charge in [-0.2, -0.15) is 0 Å². The van der Waals surface area contributed by atoms with E-state index in [0.717, 1.165) is 5.92 Å². The summed E-state index contributed by atoms with van der Waals surface area (Å²) in [5.74, 6) is 0.950. The molecule has 0 aromatic rings. The zero-order chi connectivity index (χ0) is 10.6. The first-order valence-electron chi connectivity index (χ1n) is 6.46. The summed E-state index contributed by atoms with van der Waals surface area (Å²) in [6.45, 7) is 6.87. The van der Waals surface area contributed by atoms with Gasteiger partial charge in [0.15, 0.2) is 0 Å². The summed E-state index contributed by atoms with van der Waals surface area (Å²) in [5, 5.41) is 0. The smallest absolute Gasteiger partial charge is 0.0351 e. The molecule has 0 aliphatic heterocycles. The fourth-order valence-electron chi connectivity index (χ4n) is 1.85. The van der Waals surface area contributed by atoms with Gasteiger partial charge in [0.25, 0.3) is 0 Å². The summed E-state index contributed by atoms with van der Waals surface area (Å²) in [6, 6.07) is 0. The second-order valence-corrected chi connectivity index (χ2v) is 4.41. The number of allylic oxidation sites excluding steroid dienone is 2. The third-order valence-electron chi connectivity index (χ3n) is 2.75. The molecule has 0 heteroatoms. The van der Waals surface area contributed by atoms with Crippen LogP contribution in [0.1, 0.15) is 72.1 Å². The van der Waals surface area contributed by atoms with Gasteiger partial charge in [0.2, 0.25) is 0 Å². The van der Waals surface area contributed by atoms with Crippen LogP contribution in [-0.2, 0) is 0 Å². The summed E-state index contributed by atoms with van der Waals surface area (Å²) >= 11 is 0. The van der Waals surface area contributed by atoms with E-state index in [4.69, 9.17) is 0 Å². The van der Waals surface area contributed by atoms with E-state index >= 15 is 0 Å². The van der Waals surface area contributed by atoms with Crippen molar-refractivity contribution in [3.05, 3.63) is 12.2 Å². The molecule has 0 N–H and O–H groups in total. The van der Waals surface area contributed by atoms with E-state index in [0.29, 0.717) is 0 Å². The maximum atomic E-state index is 2.39. The van der Waals surface area contributed by atoms with E-state index in [2.05, 4.69) is 32.9 Å². The van der Waals surface area contributed by atoms with Crippen LogP contribution < -0.4 is 0 Å². The summed E-state index contributed by atoms with van der Waals surface area (Å²) in [4.78, 5) is 0. The van der Waals surface area contributed by atoms with Gasteiger partial charge in [-0.15, -0.1) is 0 Å². The van der Waals surface area contributed by atoms with E-state index in [9.17, 15) is 0 Å². The van der Waals surface area contributed by atoms with Crippen molar-refractivity contribution in [1.29, 1.82) is 0 Å². The number of rotatable bonds is 9. The van der Waals surface area contributed by atoms with Crippen LogP contribution in [0.15, 0.2) is 12.2 Å². The Hall–Kier alpha value is -0.260. The molecule has 0 bridgehead atoms. The van der Waals surface area contributed by atoms with Gasteiger partial charge in [-0.3, -0.25) is 0 Å². The van der Waals surface area contributed by atoms with Gasteiger partial charge >= 0.3 is 0 Å². The molecule has 0 fully saturated rings. The Morgan fingerprint density at radius 3 is 2.36 bits per heavy atom. The molecule has 84 valence electrons. The lowest BCUT2D eigenvalue weighted by Gasteiger charge is -2.08. The Morgan fingerprint density at radius 2 is 1.71 bits per heavy atom. The van der Waals surface area contributed by atoms with Crippen LogP contribution in [0.4, 0.5) is 0 Å². The van der Waals surface area contributed by atoms with E-state index in [1.165, 1.54) is 51.4 Å². The first kappa shape index (κ1) is 13.7. The molecule has 0 saturated carbocycles. The molecule has 0 saturated heterocycles.